The smallest absolute Gasteiger partial charge is 0.156 e. The van der Waals surface area contributed by atoms with E-state index in [2.05, 4.69) is 4.98 Å². The SMILES string of the molecule is NCc1c(-c2ccc(F)cc2)nc2c(Cl)cc(Cl)cn12. The molecule has 0 aliphatic rings. The van der Waals surface area contributed by atoms with E-state index >= 15 is 0 Å². The van der Waals surface area contributed by atoms with Crippen molar-refractivity contribution in [2.75, 3.05) is 0 Å². The van der Waals surface area contributed by atoms with Crippen molar-refractivity contribution in [2.45, 2.75) is 6.54 Å². The van der Waals surface area contributed by atoms with Crippen LogP contribution in [-0.2, 0) is 6.54 Å². The normalized spacial score (nSPS) is 11.2. The molecule has 0 saturated heterocycles. The molecule has 1 aromatic carbocycles. The van der Waals surface area contributed by atoms with E-state index in [1.54, 1.807) is 28.8 Å². The highest BCUT2D eigenvalue weighted by Gasteiger charge is 2.15. The summed E-state index contributed by atoms with van der Waals surface area (Å²) in [5.74, 6) is -0.298. The fraction of sp³-hybridized carbons (Fsp3) is 0.0714. The monoisotopic (exact) mass is 309 g/mol. The Morgan fingerprint density at radius 1 is 1.20 bits per heavy atom. The third kappa shape index (κ3) is 2.16. The molecule has 0 saturated carbocycles. The molecule has 0 fully saturated rings. The van der Waals surface area contributed by atoms with E-state index in [0.29, 0.717) is 21.4 Å². The van der Waals surface area contributed by atoms with Gasteiger partial charge in [-0.25, -0.2) is 9.37 Å². The molecule has 102 valence electrons. The summed E-state index contributed by atoms with van der Waals surface area (Å²) in [5, 5.41) is 0.945. The molecule has 0 amide bonds. The summed E-state index contributed by atoms with van der Waals surface area (Å²) >= 11 is 12.2. The molecule has 0 unspecified atom stereocenters. The molecule has 3 nitrogen and oxygen atoms in total. The number of rotatable bonds is 2. The van der Waals surface area contributed by atoms with Crippen LogP contribution in [0.25, 0.3) is 16.9 Å². The highest BCUT2D eigenvalue weighted by Crippen LogP contribution is 2.29. The van der Waals surface area contributed by atoms with Gasteiger partial charge in [-0.2, -0.15) is 0 Å². The van der Waals surface area contributed by atoms with Crippen LogP contribution in [0.5, 0.6) is 0 Å². The van der Waals surface area contributed by atoms with Crippen LogP contribution in [0.15, 0.2) is 36.5 Å². The van der Waals surface area contributed by atoms with Crippen LogP contribution in [0.4, 0.5) is 4.39 Å². The van der Waals surface area contributed by atoms with Crippen LogP contribution in [0.2, 0.25) is 10.0 Å². The van der Waals surface area contributed by atoms with E-state index < -0.39 is 0 Å². The number of pyridine rings is 1. The first kappa shape index (κ1) is 13.4. The van der Waals surface area contributed by atoms with Crippen LogP contribution in [0.1, 0.15) is 5.69 Å². The van der Waals surface area contributed by atoms with Crippen molar-refractivity contribution in [3.05, 3.63) is 58.1 Å². The maximum absolute atomic E-state index is 13.0. The van der Waals surface area contributed by atoms with Gasteiger partial charge in [0.15, 0.2) is 5.65 Å². The number of fused-ring (bicyclic) bond motifs is 1. The Kier molecular flexibility index (Phi) is 3.38. The van der Waals surface area contributed by atoms with Gasteiger partial charge in [0.05, 0.1) is 21.4 Å². The maximum Gasteiger partial charge on any atom is 0.156 e. The lowest BCUT2D eigenvalue weighted by atomic mass is 10.1. The average molecular weight is 310 g/mol. The summed E-state index contributed by atoms with van der Waals surface area (Å²) in [5.41, 5.74) is 8.62. The molecule has 2 heterocycles. The predicted octanol–water partition coefficient (Wildman–Crippen LogP) is 3.91. The second-order valence-corrected chi connectivity index (χ2v) is 5.16. The van der Waals surface area contributed by atoms with Crippen LogP contribution < -0.4 is 5.73 Å². The molecular weight excluding hydrogens is 300 g/mol. The summed E-state index contributed by atoms with van der Waals surface area (Å²) in [6.07, 6.45) is 1.71. The van der Waals surface area contributed by atoms with Gasteiger partial charge < -0.3 is 5.73 Å². The number of hydrogen-bond donors (Lipinski definition) is 1. The molecular formula is C14H10Cl2FN3. The van der Waals surface area contributed by atoms with Crippen LogP contribution in [0.3, 0.4) is 0 Å². The van der Waals surface area contributed by atoms with E-state index in [9.17, 15) is 4.39 Å². The molecule has 0 aliphatic heterocycles. The lowest BCUT2D eigenvalue weighted by Gasteiger charge is -2.03. The van der Waals surface area contributed by atoms with Gasteiger partial charge in [-0.1, -0.05) is 23.2 Å². The number of hydrogen-bond acceptors (Lipinski definition) is 2. The molecule has 0 bridgehead atoms. The van der Waals surface area contributed by atoms with Gasteiger partial charge in [0.2, 0.25) is 0 Å². The molecule has 2 aromatic heterocycles. The summed E-state index contributed by atoms with van der Waals surface area (Å²) in [6.45, 7) is 0.268. The van der Waals surface area contributed by atoms with E-state index in [1.165, 1.54) is 12.1 Å². The van der Waals surface area contributed by atoms with Crippen molar-refractivity contribution in [2.24, 2.45) is 5.73 Å². The lowest BCUT2D eigenvalue weighted by Crippen LogP contribution is -2.02. The fourth-order valence-corrected chi connectivity index (χ4v) is 2.67. The average Bonchev–Trinajstić information content (AvgIpc) is 2.78. The number of nitrogens with two attached hydrogens (primary N) is 1. The minimum atomic E-state index is -0.298. The Hall–Kier alpha value is -1.62. The van der Waals surface area contributed by atoms with Gasteiger partial charge in [-0.15, -0.1) is 0 Å². The van der Waals surface area contributed by atoms with Crippen molar-refractivity contribution in [3.63, 3.8) is 0 Å². The predicted molar refractivity (Wildman–Crippen MR) is 78.5 cm³/mol. The number of imidazole rings is 1. The maximum atomic E-state index is 13.0. The molecule has 20 heavy (non-hydrogen) atoms. The van der Waals surface area contributed by atoms with Crippen molar-refractivity contribution < 1.29 is 4.39 Å². The topological polar surface area (TPSA) is 43.3 Å². The van der Waals surface area contributed by atoms with E-state index in [4.69, 9.17) is 28.9 Å². The third-order valence-corrected chi connectivity index (χ3v) is 3.54. The third-order valence-electron chi connectivity index (χ3n) is 3.05. The first-order valence-electron chi connectivity index (χ1n) is 5.92. The van der Waals surface area contributed by atoms with Crippen molar-refractivity contribution in [1.82, 2.24) is 9.38 Å². The molecule has 2 N–H and O–H groups in total. The summed E-state index contributed by atoms with van der Waals surface area (Å²) in [6, 6.07) is 7.71. The summed E-state index contributed by atoms with van der Waals surface area (Å²) < 4.78 is 14.8. The van der Waals surface area contributed by atoms with Crippen molar-refractivity contribution in [1.29, 1.82) is 0 Å². The Balaban J connectivity index is 2.30. The van der Waals surface area contributed by atoms with Gasteiger partial charge in [-0.05, 0) is 30.3 Å². The fourth-order valence-electron chi connectivity index (χ4n) is 2.15. The minimum Gasteiger partial charge on any atom is -0.325 e. The zero-order valence-corrected chi connectivity index (χ0v) is 11.8. The van der Waals surface area contributed by atoms with E-state index in [-0.39, 0.29) is 12.4 Å². The van der Waals surface area contributed by atoms with Gasteiger partial charge in [0.25, 0.3) is 0 Å². The lowest BCUT2D eigenvalue weighted by molar-refractivity contribution is 0.628. The molecule has 3 rings (SSSR count). The first-order chi connectivity index (χ1) is 9.60. The number of benzene rings is 1. The van der Waals surface area contributed by atoms with Gasteiger partial charge in [0.1, 0.15) is 5.82 Å². The Labute approximate surface area is 124 Å². The highest BCUT2D eigenvalue weighted by atomic mass is 35.5. The Morgan fingerprint density at radius 3 is 2.55 bits per heavy atom. The first-order valence-corrected chi connectivity index (χ1v) is 6.67. The molecule has 0 radical (unpaired) electrons. The molecule has 0 spiro atoms. The van der Waals surface area contributed by atoms with Crippen molar-refractivity contribution in [3.8, 4) is 11.3 Å². The Morgan fingerprint density at radius 2 is 1.90 bits per heavy atom. The highest BCUT2D eigenvalue weighted by molar-refractivity contribution is 6.36. The van der Waals surface area contributed by atoms with E-state index in [1.807, 2.05) is 0 Å². The number of halogens is 3. The minimum absolute atomic E-state index is 0.268. The molecule has 6 heteroatoms. The van der Waals surface area contributed by atoms with Gasteiger partial charge >= 0.3 is 0 Å². The molecule has 3 aromatic rings. The Bertz CT molecular complexity index is 781. The zero-order chi connectivity index (χ0) is 14.3. The quantitative estimate of drug-likeness (QED) is 0.780. The van der Waals surface area contributed by atoms with Crippen LogP contribution in [-0.4, -0.2) is 9.38 Å². The zero-order valence-electron chi connectivity index (χ0n) is 10.3. The van der Waals surface area contributed by atoms with Crippen molar-refractivity contribution >= 4 is 28.8 Å². The van der Waals surface area contributed by atoms with Gasteiger partial charge in [0, 0.05) is 18.3 Å². The largest absolute Gasteiger partial charge is 0.325 e. The molecule has 0 aliphatic carbocycles. The van der Waals surface area contributed by atoms with Gasteiger partial charge in [-0.3, -0.25) is 4.40 Å². The summed E-state index contributed by atoms with van der Waals surface area (Å²) in [7, 11) is 0. The second-order valence-electron chi connectivity index (χ2n) is 4.32. The standard InChI is InChI=1S/C14H10Cl2FN3/c15-9-5-11(16)14-19-13(12(6-18)20(14)7-9)8-1-3-10(17)4-2-8/h1-5,7H,6,18H2. The number of aromatic nitrogens is 2. The van der Waals surface area contributed by atoms with E-state index in [0.717, 1.165) is 11.3 Å². The summed E-state index contributed by atoms with van der Waals surface area (Å²) in [4.78, 5) is 4.49. The molecule has 0 atom stereocenters. The van der Waals surface area contributed by atoms with Crippen LogP contribution in [0, 0.1) is 5.82 Å². The van der Waals surface area contributed by atoms with Crippen LogP contribution >= 0.6 is 23.2 Å². The second kappa shape index (κ2) is 5.05. The number of nitrogens with zero attached hydrogens (tertiary/aromatic N) is 2.